The van der Waals surface area contributed by atoms with Crippen LogP contribution in [0.25, 0.3) is 0 Å². The first-order chi connectivity index (χ1) is 9.16. The summed E-state index contributed by atoms with van der Waals surface area (Å²) in [6.45, 7) is 4.76. The van der Waals surface area contributed by atoms with Crippen LogP contribution in [0.5, 0.6) is 0 Å². The fraction of sp³-hybridized carbons (Fsp3) is 0.500. The van der Waals surface area contributed by atoms with Gasteiger partial charge in [-0.25, -0.2) is 0 Å². The molecule has 0 amide bonds. The standard InChI is InChI=1S/C12H16F3N.ClH.H2O3Si/c1-3-16-9(2)7-10-5-4-6-11(8-10)12(13,14)15;;1-4(2)3/h4-6,8-9,16H,3,7H2,1-2H3;1H;1-2H. The van der Waals surface area contributed by atoms with E-state index in [0.717, 1.165) is 12.6 Å². The lowest BCUT2D eigenvalue weighted by atomic mass is 10.0. The Bertz CT molecular complexity index is 428. The first-order valence-corrected chi connectivity index (χ1v) is 7.28. The molecule has 0 bridgehead atoms. The summed E-state index contributed by atoms with van der Waals surface area (Å²) in [5.74, 6) is 0. The SMILES string of the molecule is CCNC(C)Cc1cccc(C(F)(F)F)c1.Cl.O=[Si](O)O. The number of hydrogen-bond acceptors (Lipinski definition) is 2. The summed E-state index contributed by atoms with van der Waals surface area (Å²) >= 11 is 0. The van der Waals surface area contributed by atoms with Crippen LogP contribution in [-0.4, -0.2) is 31.3 Å². The highest BCUT2D eigenvalue weighted by molar-refractivity contribution is 6.22. The molecule has 0 saturated heterocycles. The predicted octanol–water partition coefficient (Wildman–Crippen LogP) is 2.05. The van der Waals surface area contributed by atoms with E-state index >= 15 is 0 Å². The van der Waals surface area contributed by atoms with Crippen molar-refractivity contribution in [2.24, 2.45) is 0 Å². The van der Waals surface area contributed by atoms with Gasteiger partial charge in [-0.1, -0.05) is 25.1 Å². The third kappa shape index (κ3) is 11.2. The summed E-state index contributed by atoms with van der Waals surface area (Å²) in [4.78, 5) is 14.3. The van der Waals surface area contributed by atoms with E-state index in [1.165, 1.54) is 12.1 Å². The summed E-state index contributed by atoms with van der Waals surface area (Å²) in [6.07, 6.45) is -3.64. The highest BCUT2D eigenvalue weighted by Gasteiger charge is 2.30. The molecule has 1 aromatic rings. The zero-order chi connectivity index (χ0) is 15.8. The quantitative estimate of drug-likeness (QED) is 0.731. The molecule has 21 heavy (non-hydrogen) atoms. The number of rotatable bonds is 4. The van der Waals surface area contributed by atoms with Crippen LogP contribution in [0.4, 0.5) is 13.2 Å². The van der Waals surface area contributed by atoms with E-state index in [9.17, 15) is 13.2 Å². The minimum Gasteiger partial charge on any atom is -0.511 e. The van der Waals surface area contributed by atoms with Gasteiger partial charge in [0.05, 0.1) is 5.56 Å². The van der Waals surface area contributed by atoms with Gasteiger partial charge in [-0.15, -0.1) is 12.4 Å². The van der Waals surface area contributed by atoms with Gasteiger partial charge in [-0.2, -0.15) is 13.2 Å². The smallest absolute Gasteiger partial charge is 0.511 e. The van der Waals surface area contributed by atoms with Crippen LogP contribution < -0.4 is 5.32 Å². The third-order valence-corrected chi connectivity index (χ3v) is 2.35. The van der Waals surface area contributed by atoms with E-state index < -0.39 is 20.9 Å². The lowest BCUT2D eigenvalue weighted by molar-refractivity contribution is -0.137. The average Bonchev–Trinajstić information content (AvgIpc) is 2.27. The van der Waals surface area contributed by atoms with Gasteiger partial charge in [-0.3, -0.25) is 4.46 Å². The zero-order valence-corrected chi connectivity index (χ0v) is 13.5. The largest absolute Gasteiger partial charge is 0.761 e. The molecular weight excluding hydrogens is 327 g/mol. The number of benzene rings is 1. The minimum atomic E-state index is -4.25. The molecule has 1 atom stereocenters. The van der Waals surface area contributed by atoms with Gasteiger partial charge < -0.3 is 14.9 Å². The molecule has 1 rings (SSSR count). The molecule has 9 heteroatoms. The molecule has 3 N–H and O–H groups in total. The van der Waals surface area contributed by atoms with Gasteiger partial charge in [0.2, 0.25) is 0 Å². The molecule has 0 spiro atoms. The first-order valence-electron chi connectivity index (χ1n) is 5.98. The molecule has 0 aliphatic carbocycles. The van der Waals surface area contributed by atoms with Crippen LogP contribution in [0.2, 0.25) is 0 Å². The van der Waals surface area contributed by atoms with Crippen LogP contribution in [0.1, 0.15) is 25.0 Å². The molecule has 0 heterocycles. The van der Waals surface area contributed by atoms with Crippen molar-refractivity contribution >= 4 is 21.6 Å². The summed E-state index contributed by atoms with van der Waals surface area (Å²) in [5.41, 5.74) is 0.136. The van der Waals surface area contributed by atoms with Crippen molar-refractivity contribution in [2.75, 3.05) is 6.54 Å². The lowest BCUT2D eigenvalue weighted by Crippen LogP contribution is -2.27. The Morgan fingerprint density at radius 2 is 1.86 bits per heavy atom. The summed E-state index contributed by atoms with van der Waals surface area (Å²) in [5, 5.41) is 3.17. The average molecular weight is 346 g/mol. The van der Waals surface area contributed by atoms with E-state index in [0.29, 0.717) is 12.0 Å². The Hall–Kier alpha value is -1.12. The van der Waals surface area contributed by atoms with Crippen molar-refractivity contribution in [1.82, 2.24) is 5.32 Å². The van der Waals surface area contributed by atoms with Crippen LogP contribution in [0.15, 0.2) is 24.3 Å². The fourth-order valence-corrected chi connectivity index (χ4v) is 1.65. The van der Waals surface area contributed by atoms with Crippen molar-refractivity contribution in [1.29, 1.82) is 0 Å². The van der Waals surface area contributed by atoms with E-state index in [1.54, 1.807) is 6.07 Å². The van der Waals surface area contributed by atoms with Crippen molar-refractivity contribution in [3.8, 4) is 0 Å². The molecule has 0 aliphatic rings. The lowest BCUT2D eigenvalue weighted by Gasteiger charge is -2.13. The van der Waals surface area contributed by atoms with Gasteiger partial charge in [-0.05, 0) is 31.5 Å². The fourth-order valence-electron chi connectivity index (χ4n) is 1.65. The number of hydrogen-bond donors (Lipinski definition) is 3. The summed E-state index contributed by atoms with van der Waals surface area (Å²) in [6, 6.07) is 5.68. The molecule has 0 aliphatic heterocycles. The van der Waals surface area contributed by atoms with Crippen LogP contribution in [0.3, 0.4) is 0 Å². The van der Waals surface area contributed by atoms with E-state index in [2.05, 4.69) is 5.32 Å². The third-order valence-electron chi connectivity index (χ3n) is 2.35. The maximum atomic E-state index is 12.4. The molecule has 0 saturated carbocycles. The normalized spacial score (nSPS) is 11.7. The number of nitrogens with one attached hydrogen (secondary N) is 1. The Labute approximate surface area is 129 Å². The molecule has 0 radical (unpaired) electrons. The maximum absolute atomic E-state index is 12.4. The van der Waals surface area contributed by atoms with E-state index in [-0.39, 0.29) is 18.4 Å². The highest BCUT2D eigenvalue weighted by Crippen LogP contribution is 2.29. The van der Waals surface area contributed by atoms with Crippen molar-refractivity contribution < 1.29 is 27.2 Å². The maximum Gasteiger partial charge on any atom is 0.761 e. The second kappa shape index (κ2) is 10.6. The first kappa shape index (κ1) is 22.2. The minimum absolute atomic E-state index is 0. The Morgan fingerprint density at radius 3 is 2.29 bits per heavy atom. The highest BCUT2D eigenvalue weighted by atomic mass is 35.5. The molecule has 0 fully saturated rings. The Morgan fingerprint density at radius 1 is 1.33 bits per heavy atom. The molecule has 0 aromatic heterocycles. The van der Waals surface area contributed by atoms with Gasteiger partial charge in [0.15, 0.2) is 0 Å². The molecule has 4 nitrogen and oxygen atoms in total. The van der Waals surface area contributed by atoms with Crippen molar-refractivity contribution in [3.63, 3.8) is 0 Å². The second-order valence-electron chi connectivity index (χ2n) is 4.14. The van der Waals surface area contributed by atoms with Gasteiger partial charge in [0, 0.05) is 6.04 Å². The zero-order valence-electron chi connectivity index (χ0n) is 11.6. The van der Waals surface area contributed by atoms with Gasteiger partial charge in [0.25, 0.3) is 0 Å². The monoisotopic (exact) mass is 345 g/mol. The summed E-state index contributed by atoms with van der Waals surface area (Å²) in [7, 11) is -3.13. The van der Waals surface area contributed by atoms with E-state index in [1.807, 2.05) is 13.8 Å². The van der Waals surface area contributed by atoms with Gasteiger partial charge in [0.1, 0.15) is 0 Å². The Balaban J connectivity index is 0. The van der Waals surface area contributed by atoms with Crippen LogP contribution >= 0.6 is 12.4 Å². The van der Waals surface area contributed by atoms with Crippen molar-refractivity contribution in [2.45, 2.75) is 32.5 Å². The van der Waals surface area contributed by atoms with Crippen LogP contribution in [0, 0.1) is 0 Å². The summed E-state index contributed by atoms with van der Waals surface area (Å²) < 4.78 is 46.1. The number of halogens is 4. The molecule has 1 unspecified atom stereocenters. The molecule has 1 aromatic carbocycles. The molecule has 122 valence electrons. The Kier molecular flexibility index (Phi) is 11.2. The van der Waals surface area contributed by atoms with Crippen molar-refractivity contribution in [3.05, 3.63) is 35.4 Å². The van der Waals surface area contributed by atoms with Crippen LogP contribution in [-0.2, 0) is 17.1 Å². The number of likely N-dealkylation sites (N-methyl/N-ethyl adjacent to an activating group) is 1. The van der Waals surface area contributed by atoms with Gasteiger partial charge >= 0.3 is 15.3 Å². The predicted molar refractivity (Wildman–Crippen MR) is 76.4 cm³/mol. The number of alkyl halides is 3. The topological polar surface area (TPSA) is 69.6 Å². The second-order valence-corrected chi connectivity index (χ2v) is 4.71. The van der Waals surface area contributed by atoms with E-state index in [4.69, 9.17) is 14.1 Å². The molecular formula is C12H19ClF3NO3Si.